The molecule has 0 atom stereocenters. The molecular weight excluding hydrogens is 292 g/mol. The SMILES string of the molecule is CC(C)c1csc(CNC(=NCc2ccccc2)N(C)C)n1. The van der Waals surface area contributed by atoms with Gasteiger partial charge in [-0.1, -0.05) is 44.2 Å². The molecule has 0 fully saturated rings. The van der Waals surface area contributed by atoms with E-state index < -0.39 is 0 Å². The highest BCUT2D eigenvalue weighted by atomic mass is 32.1. The van der Waals surface area contributed by atoms with Gasteiger partial charge in [-0.2, -0.15) is 0 Å². The third kappa shape index (κ3) is 4.84. The van der Waals surface area contributed by atoms with Gasteiger partial charge in [0.25, 0.3) is 0 Å². The smallest absolute Gasteiger partial charge is 0.194 e. The van der Waals surface area contributed by atoms with E-state index >= 15 is 0 Å². The number of hydrogen-bond acceptors (Lipinski definition) is 3. The molecule has 4 nitrogen and oxygen atoms in total. The first-order chi connectivity index (χ1) is 10.6. The van der Waals surface area contributed by atoms with Gasteiger partial charge < -0.3 is 10.2 Å². The van der Waals surface area contributed by atoms with E-state index in [2.05, 4.69) is 46.7 Å². The van der Waals surface area contributed by atoms with Crippen molar-refractivity contribution in [2.45, 2.75) is 32.9 Å². The van der Waals surface area contributed by atoms with E-state index in [0.717, 1.165) is 16.7 Å². The van der Waals surface area contributed by atoms with Gasteiger partial charge in [0.2, 0.25) is 0 Å². The Labute approximate surface area is 136 Å². The number of rotatable bonds is 5. The van der Waals surface area contributed by atoms with Gasteiger partial charge in [-0.05, 0) is 11.5 Å². The Bertz CT molecular complexity index is 602. The predicted octanol–water partition coefficient (Wildman–Crippen LogP) is 3.47. The van der Waals surface area contributed by atoms with E-state index in [1.807, 2.05) is 37.2 Å². The summed E-state index contributed by atoms with van der Waals surface area (Å²) in [6, 6.07) is 10.3. The lowest BCUT2D eigenvalue weighted by Gasteiger charge is -2.17. The zero-order valence-electron chi connectivity index (χ0n) is 13.7. The summed E-state index contributed by atoms with van der Waals surface area (Å²) in [6.45, 7) is 5.72. The average molecular weight is 316 g/mol. The molecule has 0 saturated carbocycles. The molecule has 0 saturated heterocycles. The minimum absolute atomic E-state index is 0.477. The van der Waals surface area contributed by atoms with Crippen LogP contribution in [-0.2, 0) is 13.1 Å². The Morgan fingerprint density at radius 2 is 2.00 bits per heavy atom. The fraction of sp³-hybridized carbons (Fsp3) is 0.412. The first-order valence-electron chi connectivity index (χ1n) is 7.50. The minimum atomic E-state index is 0.477. The number of guanidine groups is 1. The molecule has 0 amide bonds. The van der Waals surface area contributed by atoms with Crippen LogP contribution >= 0.6 is 11.3 Å². The van der Waals surface area contributed by atoms with Gasteiger partial charge in [0, 0.05) is 19.5 Å². The van der Waals surface area contributed by atoms with Crippen LogP contribution in [0.2, 0.25) is 0 Å². The van der Waals surface area contributed by atoms with Crippen LogP contribution in [-0.4, -0.2) is 29.9 Å². The number of aliphatic imine (C=N–C) groups is 1. The molecule has 1 aromatic heterocycles. The highest BCUT2D eigenvalue weighted by Gasteiger charge is 2.07. The van der Waals surface area contributed by atoms with Crippen LogP contribution in [0.4, 0.5) is 0 Å². The first kappa shape index (κ1) is 16.5. The summed E-state index contributed by atoms with van der Waals surface area (Å²) in [5.74, 6) is 1.36. The van der Waals surface area contributed by atoms with Crippen LogP contribution in [0, 0.1) is 0 Å². The predicted molar refractivity (Wildman–Crippen MR) is 94.3 cm³/mol. The molecule has 0 aliphatic carbocycles. The summed E-state index contributed by atoms with van der Waals surface area (Å²) < 4.78 is 0. The maximum Gasteiger partial charge on any atom is 0.194 e. The summed E-state index contributed by atoms with van der Waals surface area (Å²) >= 11 is 1.70. The van der Waals surface area contributed by atoms with E-state index in [0.29, 0.717) is 19.0 Å². The Morgan fingerprint density at radius 1 is 1.27 bits per heavy atom. The van der Waals surface area contributed by atoms with E-state index in [1.54, 1.807) is 11.3 Å². The third-order valence-electron chi connectivity index (χ3n) is 3.24. The Kier molecular flexibility index (Phi) is 5.95. The van der Waals surface area contributed by atoms with E-state index in [4.69, 9.17) is 0 Å². The van der Waals surface area contributed by atoms with Crippen molar-refractivity contribution in [2.24, 2.45) is 4.99 Å². The zero-order chi connectivity index (χ0) is 15.9. The summed E-state index contributed by atoms with van der Waals surface area (Å²) in [7, 11) is 4.00. The number of hydrogen-bond donors (Lipinski definition) is 1. The van der Waals surface area contributed by atoms with E-state index in [-0.39, 0.29) is 0 Å². The summed E-state index contributed by atoms with van der Waals surface area (Å²) in [6.07, 6.45) is 0. The average Bonchev–Trinajstić information content (AvgIpc) is 2.97. The number of benzene rings is 1. The third-order valence-corrected chi connectivity index (χ3v) is 4.10. The standard InChI is InChI=1S/C17H24N4S/c1-13(2)15-12-22-16(20-15)11-19-17(21(3)4)18-10-14-8-6-5-7-9-14/h5-9,12-13H,10-11H2,1-4H3,(H,18,19). The highest BCUT2D eigenvalue weighted by molar-refractivity contribution is 7.09. The van der Waals surface area contributed by atoms with Gasteiger partial charge in [-0.3, -0.25) is 0 Å². The first-order valence-corrected chi connectivity index (χ1v) is 8.38. The van der Waals surface area contributed by atoms with Crippen molar-refractivity contribution in [3.63, 3.8) is 0 Å². The van der Waals surface area contributed by atoms with Gasteiger partial charge in [-0.25, -0.2) is 9.98 Å². The summed E-state index contributed by atoms with van der Waals surface area (Å²) in [5, 5.41) is 6.61. The number of nitrogens with one attached hydrogen (secondary N) is 1. The lowest BCUT2D eigenvalue weighted by molar-refractivity contribution is 0.578. The van der Waals surface area contributed by atoms with Gasteiger partial charge in [0.05, 0.1) is 18.8 Å². The van der Waals surface area contributed by atoms with Crippen molar-refractivity contribution in [3.05, 3.63) is 52.0 Å². The van der Waals surface area contributed by atoms with Crippen molar-refractivity contribution < 1.29 is 0 Å². The van der Waals surface area contributed by atoms with E-state index in [9.17, 15) is 0 Å². The topological polar surface area (TPSA) is 40.5 Å². The quantitative estimate of drug-likeness (QED) is 0.678. The molecule has 1 N–H and O–H groups in total. The highest BCUT2D eigenvalue weighted by Crippen LogP contribution is 2.17. The van der Waals surface area contributed by atoms with Gasteiger partial charge in [0.15, 0.2) is 5.96 Å². The molecule has 2 aromatic rings. The monoisotopic (exact) mass is 316 g/mol. The van der Waals surface area contributed by atoms with Crippen LogP contribution in [0.1, 0.15) is 36.0 Å². The van der Waals surface area contributed by atoms with Crippen LogP contribution in [0.15, 0.2) is 40.7 Å². The largest absolute Gasteiger partial charge is 0.350 e. The molecule has 0 aliphatic rings. The number of nitrogens with zero attached hydrogens (tertiary/aromatic N) is 3. The maximum atomic E-state index is 4.66. The molecule has 0 radical (unpaired) electrons. The molecule has 0 spiro atoms. The van der Waals surface area contributed by atoms with Crippen LogP contribution < -0.4 is 5.32 Å². The Balaban J connectivity index is 1.96. The molecule has 118 valence electrons. The number of thiazole rings is 1. The molecule has 22 heavy (non-hydrogen) atoms. The fourth-order valence-corrected chi connectivity index (χ4v) is 2.83. The van der Waals surface area contributed by atoms with Gasteiger partial charge >= 0.3 is 0 Å². The van der Waals surface area contributed by atoms with Crippen LogP contribution in [0.3, 0.4) is 0 Å². The molecule has 1 aromatic carbocycles. The second-order valence-electron chi connectivity index (χ2n) is 5.69. The Hall–Kier alpha value is -1.88. The van der Waals surface area contributed by atoms with Crippen molar-refractivity contribution in [2.75, 3.05) is 14.1 Å². The normalized spacial score (nSPS) is 11.8. The Morgan fingerprint density at radius 3 is 2.59 bits per heavy atom. The van der Waals surface area contributed by atoms with Crippen molar-refractivity contribution in [1.29, 1.82) is 0 Å². The lowest BCUT2D eigenvalue weighted by Crippen LogP contribution is -2.36. The maximum absolute atomic E-state index is 4.66. The number of aromatic nitrogens is 1. The second-order valence-corrected chi connectivity index (χ2v) is 6.64. The van der Waals surface area contributed by atoms with Crippen molar-refractivity contribution in [1.82, 2.24) is 15.2 Å². The van der Waals surface area contributed by atoms with Gasteiger partial charge in [0.1, 0.15) is 5.01 Å². The van der Waals surface area contributed by atoms with Crippen molar-refractivity contribution in [3.8, 4) is 0 Å². The zero-order valence-corrected chi connectivity index (χ0v) is 14.5. The molecule has 0 aliphatic heterocycles. The molecule has 0 bridgehead atoms. The second kappa shape index (κ2) is 7.94. The summed E-state index contributed by atoms with van der Waals surface area (Å²) in [4.78, 5) is 11.3. The van der Waals surface area contributed by atoms with Crippen molar-refractivity contribution >= 4 is 17.3 Å². The summed E-state index contributed by atoms with van der Waals surface area (Å²) in [5.41, 5.74) is 2.37. The van der Waals surface area contributed by atoms with Crippen LogP contribution in [0.5, 0.6) is 0 Å². The van der Waals surface area contributed by atoms with Crippen LogP contribution in [0.25, 0.3) is 0 Å². The molecular formula is C17H24N4S. The molecule has 2 rings (SSSR count). The fourth-order valence-electron chi connectivity index (χ4n) is 1.93. The lowest BCUT2D eigenvalue weighted by atomic mass is 10.2. The molecule has 1 heterocycles. The van der Waals surface area contributed by atoms with E-state index in [1.165, 1.54) is 5.56 Å². The minimum Gasteiger partial charge on any atom is -0.350 e. The molecule has 0 unspecified atom stereocenters. The molecule has 5 heteroatoms. The van der Waals surface area contributed by atoms with Gasteiger partial charge in [-0.15, -0.1) is 11.3 Å².